The van der Waals surface area contributed by atoms with Gasteiger partial charge in [0.25, 0.3) is 0 Å². The van der Waals surface area contributed by atoms with Gasteiger partial charge < -0.3 is 10.2 Å². The third-order valence-electron chi connectivity index (χ3n) is 2.18. The molecule has 0 spiro atoms. The molecule has 0 amide bonds. The molecule has 3 N–H and O–H groups in total. The molecule has 88 valence electrons. The Labute approximate surface area is 113 Å². The van der Waals surface area contributed by atoms with Crippen LogP contribution < -0.4 is 16.0 Å². The predicted molar refractivity (Wildman–Crippen MR) is 75.5 cm³/mol. The van der Waals surface area contributed by atoms with E-state index in [0.29, 0.717) is 6.61 Å². The number of aromatic nitrogens is 1. The molecule has 4 nitrogen and oxygen atoms in total. The molecule has 2 aromatic rings. The average Bonchev–Trinajstić information content (AvgIpc) is 2.38. The van der Waals surface area contributed by atoms with E-state index in [9.17, 15) is 0 Å². The number of nitrogens with zero attached hydrogens (tertiary/aromatic N) is 1. The summed E-state index contributed by atoms with van der Waals surface area (Å²) in [7, 11) is 0. The normalized spacial score (nSPS) is 10.0. The van der Waals surface area contributed by atoms with Crippen LogP contribution in [0.2, 0.25) is 0 Å². The average molecular weight is 341 g/mol. The zero-order chi connectivity index (χ0) is 12.1. The van der Waals surface area contributed by atoms with E-state index in [0.717, 1.165) is 17.1 Å². The fourth-order valence-electron chi connectivity index (χ4n) is 1.33. The second-order valence-electron chi connectivity index (χ2n) is 3.42. The molecule has 1 aromatic carbocycles. The number of hydrogen-bond donors (Lipinski definition) is 2. The van der Waals surface area contributed by atoms with Gasteiger partial charge in [-0.05, 0) is 59.0 Å². The zero-order valence-electron chi connectivity index (χ0n) is 9.06. The van der Waals surface area contributed by atoms with Crippen molar-refractivity contribution in [3.05, 3.63) is 51.9 Å². The van der Waals surface area contributed by atoms with Gasteiger partial charge >= 0.3 is 0 Å². The van der Waals surface area contributed by atoms with E-state index >= 15 is 0 Å². The molecule has 1 heterocycles. The Morgan fingerprint density at radius 2 is 2.00 bits per heavy atom. The van der Waals surface area contributed by atoms with Crippen molar-refractivity contribution in [3.8, 4) is 5.75 Å². The van der Waals surface area contributed by atoms with Crippen LogP contribution in [0, 0.1) is 3.57 Å². The maximum absolute atomic E-state index is 5.61. The SMILES string of the molecule is NNc1ccnc(COc2ccc(I)cc2)c1. The number of nitrogens with two attached hydrogens (primary N) is 1. The molecule has 0 radical (unpaired) electrons. The van der Waals surface area contributed by atoms with Crippen LogP contribution in [0.1, 0.15) is 5.69 Å². The van der Waals surface area contributed by atoms with Crippen LogP contribution in [0.15, 0.2) is 42.6 Å². The number of pyridine rings is 1. The van der Waals surface area contributed by atoms with Gasteiger partial charge in [-0.2, -0.15) is 0 Å². The van der Waals surface area contributed by atoms with Crippen molar-refractivity contribution in [2.24, 2.45) is 5.84 Å². The zero-order valence-corrected chi connectivity index (χ0v) is 11.2. The van der Waals surface area contributed by atoms with Gasteiger partial charge in [0.1, 0.15) is 12.4 Å². The lowest BCUT2D eigenvalue weighted by Crippen LogP contribution is -2.08. The van der Waals surface area contributed by atoms with Gasteiger partial charge in [-0.3, -0.25) is 10.8 Å². The Hall–Kier alpha value is -1.34. The largest absolute Gasteiger partial charge is 0.487 e. The van der Waals surface area contributed by atoms with Gasteiger partial charge in [0.2, 0.25) is 0 Å². The Morgan fingerprint density at radius 3 is 2.71 bits per heavy atom. The second kappa shape index (κ2) is 5.83. The number of hydrazine groups is 1. The van der Waals surface area contributed by atoms with E-state index in [1.807, 2.05) is 30.3 Å². The summed E-state index contributed by atoms with van der Waals surface area (Å²) < 4.78 is 6.79. The minimum absolute atomic E-state index is 0.427. The molecule has 0 aliphatic rings. The summed E-state index contributed by atoms with van der Waals surface area (Å²) in [5.74, 6) is 6.15. The van der Waals surface area contributed by atoms with Gasteiger partial charge in [0.05, 0.1) is 11.4 Å². The van der Waals surface area contributed by atoms with Gasteiger partial charge in [-0.1, -0.05) is 0 Å². The van der Waals surface area contributed by atoms with Crippen LogP contribution in [0.25, 0.3) is 0 Å². The quantitative estimate of drug-likeness (QED) is 0.510. The Kier molecular flexibility index (Phi) is 4.16. The summed E-state index contributed by atoms with van der Waals surface area (Å²) in [5.41, 5.74) is 4.23. The van der Waals surface area contributed by atoms with Gasteiger partial charge in [0.15, 0.2) is 0 Å². The molecular weight excluding hydrogens is 329 g/mol. The van der Waals surface area contributed by atoms with Crippen molar-refractivity contribution in [1.29, 1.82) is 0 Å². The molecule has 0 saturated carbocycles. The lowest BCUT2D eigenvalue weighted by molar-refractivity contribution is 0.301. The van der Waals surface area contributed by atoms with E-state index in [2.05, 4.69) is 33.0 Å². The highest BCUT2D eigenvalue weighted by Crippen LogP contribution is 2.15. The minimum Gasteiger partial charge on any atom is -0.487 e. The van der Waals surface area contributed by atoms with E-state index < -0.39 is 0 Å². The summed E-state index contributed by atoms with van der Waals surface area (Å²) in [6.45, 7) is 0.427. The molecular formula is C12H12IN3O. The number of anilines is 1. The monoisotopic (exact) mass is 341 g/mol. The minimum atomic E-state index is 0.427. The predicted octanol–water partition coefficient (Wildman–Crippen LogP) is 2.55. The van der Waals surface area contributed by atoms with E-state index in [-0.39, 0.29) is 0 Å². The number of nitrogens with one attached hydrogen (secondary N) is 1. The van der Waals surface area contributed by atoms with Crippen LogP contribution in [0.5, 0.6) is 5.75 Å². The molecule has 5 heteroatoms. The van der Waals surface area contributed by atoms with E-state index in [4.69, 9.17) is 10.6 Å². The first-order valence-corrected chi connectivity index (χ1v) is 6.16. The Morgan fingerprint density at radius 1 is 1.24 bits per heavy atom. The topological polar surface area (TPSA) is 60.2 Å². The summed E-state index contributed by atoms with van der Waals surface area (Å²) in [6.07, 6.45) is 1.70. The summed E-state index contributed by atoms with van der Waals surface area (Å²) in [4.78, 5) is 4.20. The fourth-order valence-corrected chi connectivity index (χ4v) is 1.69. The standard InChI is InChI=1S/C12H12IN3O/c13-9-1-3-12(4-2-9)17-8-11-7-10(16-14)5-6-15-11/h1-7H,8,14H2,(H,15,16). The van der Waals surface area contributed by atoms with Crippen molar-refractivity contribution in [2.75, 3.05) is 5.43 Å². The summed E-state index contributed by atoms with van der Waals surface area (Å²) in [6, 6.07) is 11.5. The van der Waals surface area contributed by atoms with Crippen LogP contribution in [-0.4, -0.2) is 4.98 Å². The van der Waals surface area contributed by atoms with Gasteiger partial charge in [-0.15, -0.1) is 0 Å². The molecule has 0 fully saturated rings. The second-order valence-corrected chi connectivity index (χ2v) is 4.67. The maximum atomic E-state index is 5.61. The maximum Gasteiger partial charge on any atom is 0.130 e. The van der Waals surface area contributed by atoms with Crippen molar-refractivity contribution < 1.29 is 4.74 Å². The smallest absolute Gasteiger partial charge is 0.130 e. The number of nitrogen functional groups attached to an aromatic ring is 1. The Balaban J connectivity index is 1.99. The number of halogens is 1. The highest BCUT2D eigenvalue weighted by molar-refractivity contribution is 14.1. The summed E-state index contributed by atoms with van der Waals surface area (Å²) in [5, 5.41) is 0. The van der Waals surface area contributed by atoms with Crippen LogP contribution in [0.4, 0.5) is 5.69 Å². The van der Waals surface area contributed by atoms with Crippen molar-refractivity contribution in [2.45, 2.75) is 6.61 Å². The molecule has 0 aliphatic heterocycles. The third kappa shape index (κ3) is 3.57. The van der Waals surface area contributed by atoms with Gasteiger partial charge in [-0.25, -0.2) is 0 Å². The van der Waals surface area contributed by atoms with Crippen molar-refractivity contribution >= 4 is 28.3 Å². The molecule has 0 bridgehead atoms. The lowest BCUT2D eigenvalue weighted by Gasteiger charge is -2.07. The van der Waals surface area contributed by atoms with Crippen molar-refractivity contribution in [3.63, 3.8) is 0 Å². The highest BCUT2D eigenvalue weighted by Gasteiger charge is 1.98. The number of ether oxygens (including phenoxy) is 1. The molecule has 17 heavy (non-hydrogen) atoms. The van der Waals surface area contributed by atoms with E-state index in [1.165, 1.54) is 3.57 Å². The molecule has 0 atom stereocenters. The third-order valence-corrected chi connectivity index (χ3v) is 2.90. The lowest BCUT2D eigenvalue weighted by atomic mass is 10.3. The molecule has 2 rings (SSSR count). The van der Waals surface area contributed by atoms with Crippen LogP contribution in [-0.2, 0) is 6.61 Å². The summed E-state index contributed by atoms with van der Waals surface area (Å²) >= 11 is 2.26. The number of hydrogen-bond acceptors (Lipinski definition) is 4. The van der Waals surface area contributed by atoms with Crippen LogP contribution in [0.3, 0.4) is 0 Å². The molecule has 0 aliphatic carbocycles. The van der Waals surface area contributed by atoms with Gasteiger partial charge in [0, 0.05) is 9.77 Å². The first-order valence-electron chi connectivity index (χ1n) is 5.08. The first kappa shape index (κ1) is 12.1. The highest BCUT2D eigenvalue weighted by atomic mass is 127. The first-order chi connectivity index (χ1) is 8.28. The number of rotatable bonds is 4. The fraction of sp³-hybridized carbons (Fsp3) is 0.0833. The van der Waals surface area contributed by atoms with Crippen LogP contribution >= 0.6 is 22.6 Å². The molecule has 1 aromatic heterocycles. The molecule has 0 saturated heterocycles. The molecule has 0 unspecified atom stereocenters. The number of benzene rings is 1. The van der Waals surface area contributed by atoms with E-state index in [1.54, 1.807) is 12.3 Å². The Bertz CT molecular complexity index is 487. The van der Waals surface area contributed by atoms with Crippen molar-refractivity contribution in [1.82, 2.24) is 4.98 Å².